The molecule has 1 unspecified atom stereocenters. The molecule has 0 saturated carbocycles. The minimum Gasteiger partial charge on any atom is -0.392 e. The summed E-state index contributed by atoms with van der Waals surface area (Å²) in [5, 5.41) is 11.4. The third-order valence-corrected chi connectivity index (χ3v) is 2.36. The van der Waals surface area contributed by atoms with E-state index in [0.29, 0.717) is 6.54 Å². The monoisotopic (exact) mass is 250 g/mol. The van der Waals surface area contributed by atoms with Gasteiger partial charge in [0.05, 0.1) is 6.10 Å². The van der Waals surface area contributed by atoms with Gasteiger partial charge in [-0.15, -0.1) is 0 Å². The summed E-state index contributed by atoms with van der Waals surface area (Å²) in [7, 11) is 1.57. The lowest BCUT2D eigenvalue weighted by molar-refractivity contribution is -0.145. The van der Waals surface area contributed by atoms with Crippen molar-refractivity contribution in [3.8, 4) is 0 Å². The minimum absolute atomic E-state index is 0.0732. The molecule has 2 N–H and O–H groups in total. The van der Waals surface area contributed by atoms with Gasteiger partial charge < -0.3 is 15.3 Å². The number of aliphatic hydroxyl groups excluding tert-OH is 1. The smallest absolute Gasteiger partial charge is 0.311 e. The Morgan fingerprint density at radius 3 is 2.50 bits per heavy atom. The Labute approximate surface area is 106 Å². The number of carbonyl (C=O) groups is 2. The number of carbonyl (C=O) groups excluding carboxylic acids is 2. The van der Waals surface area contributed by atoms with Crippen LogP contribution in [0.3, 0.4) is 0 Å². The van der Waals surface area contributed by atoms with Gasteiger partial charge in [-0.3, -0.25) is 9.59 Å². The van der Waals surface area contributed by atoms with Crippen LogP contribution >= 0.6 is 0 Å². The van der Waals surface area contributed by atoms with Crippen LogP contribution in [0.1, 0.15) is 12.5 Å². The number of hydrogen-bond acceptors (Lipinski definition) is 3. The Bertz CT molecular complexity index is 404. The fourth-order valence-electron chi connectivity index (χ4n) is 1.42. The molecule has 0 saturated heterocycles. The average molecular weight is 250 g/mol. The zero-order valence-electron chi connectivity index (χ0n) is 10.6. The van der Waals surface area contributed by atoms with Crippen molar-refractivity contribution in [1.29, 1.82) is 0 Å². The fourth-order valence-corrected chi connectivity index (χ4v) is 1.42. The summed E-state index contributed by atoms with van der Waals surface area (Å²) in [6, 6.07) is 9.41. The summed E-state index contributed by atoms with van der Waals surface area (Å²) in [6.07, 6.45) is -0.666. The molecule has 1 aromatic carbocycles. The van der Waals surface area contributed by atoms with Crippen molar-refractivity contribution >= 4 is 11.8 Å². The van der Waals surface area contributed by atoms with E-state index in [1.54, 1.807) is 14.0 Å². The summed E-state index contributed by atoms with van der Waals surface area (Å²) >= 11 is 0. The Morgan fingerprint density at radius 1 is 1.33 bits per heavy atom. The average Bonchev–Trinajstić information content (AvgIpc) is 2.36. The van der Waals surface area contributed by atoms with Crippen molar-refractivity contribution in [1.82, 2.24) is 10.2 Å². The SMILES string of the molecule is CC(O)CNC(=O)C(=O)N(C)Cc1ccccc1. The van der Waals surface area contributed by atoms with E-state index in [0.717, 1.165) is 5.56 Å². The molecule has 0 fully saturated rings. The molecule has 0 spiro atoms. The maximum absolute atomic E-state index is 11.7. The van der Waals surface area contributed by atoms with Crippen LogP contribution in [0.5, 0.6) is 0 Å². The summed E-state index contributed by atoms with van der Waals surface area (Å²) in [5.41, 5.74) is 0.955. The maximum atomic E-state index is 11.7. The van der Waals surface area contributed by atoms with E-state index < -0.39 is 17.9 Å². The van der Waals surface area contributed by atoms with Crippen molar-refractivity contribution < 1.29 is 14.7 Å². The van der Waals surface area contributed by atoms with Gasteiger partial charge in [-0.1, -0.05) is 30.3 Å². The van der Waals surface area contributed by atoms with E-state index >= 15 is 0 Å². The van der Waals surface area contributed by atoms with E-state index in [9.17, 15) is 9.59 Å². The zero-order valence-corrected chi connectivity index (χ0v) is 10.6. The lowest BCUT2D eigenvalue weighted by Crippen LogP contribution is -2.42. The predicted molar refractivity (Wildman–Crippen MR) is 67.6 cm³/mol. The van der Waals surface area contributed by atoms with Crippen molar-refractivity contribution in [2.24, 2.45) is 0 Å². The normalized spacial score (nSPS) is 11.7. The summed E-state index contributed by atoms with van der Waals surface area (Å²) in [4.78, 5) is 24.5. The second-order valence-corrected chi connectivity index (χ2v) is 4.21. The Hall–Kier alpha value is -1.88. The van der Waals surface area contributed by atoms with Crippen LogP contribution < -0.4 is 5.32 Å². The minimum atomic E-state index is -0.700. The van der Waals surface area contributed by atoms with Crippen LogP contribution in [0.4, 0.5) is 0 Å². The van der Waals surface area contributed by atoms with Crippen LogP contribution in [0.2, 0.25) is 0 Å². The van der Waals surface area contributed by atoms with E-state index in [-0.39, 0.29) is 6.54 Å². The first kappa shape index (κ1) is 14.2. The molecule has 1 atom stereocenters. The molecule has 1 aromatic rings. The first-order valence-electron chi connectivity index (χ1n) is 5.76. The molecule has 0 radical (unpaired) electrons. The van der Waals surface area contributed by atoms with Crippen molar-refractivity contribution in [2.75, 3.05) is 13.6 Å². The van der Waals surface area contributed by atoms with E-state index in [2.05, 4.69) is 5.32 Å². The van der Waals surface area contributed by atoms with Gasteiger partial charge in [0, 0.05) is 20.1 Å². The number of hydrogen-bond donors (Lipinski definition) is 2. The molecule has 0 aliphatic carbocycles. The molecule has 5 heteroatoms. The predicted octanol–water partition coefficient (Wildman–Crippen LogP) is 0.142. The summed E-state index contributed by atoms with van der Waals surface area (Å²) < 4.78 is 0. The molecule has 0 aliphatic rings. The first-order valence-corrected chi connectivity index (χ1v) is 5.76. The fraction of sp³-hybridized carbons (Fsp3) is 0.385. The number of aliphatic hydroxyl groups is 1. The third kappa shape index (κ3) is 4.55. The van der Waals surface area contributed by atoms with E-state index in [4.69, 9.17) is 5.11 Å². The van der Waals surface area contributed by atoms with Gasteiger partial charge in [0.2, 0.25) is 0 Å². The Morgan fingerprint density at radius 2 is 1.94 bits per heavy atom. The molecule has 0 aliphatic heterocycles. The summed E-state index contributed by atoms with van der Waals surface area (Å²) in [6.45, 7) is 1.99. The van der Waals surface area contributed by atoms with Gasteiger partial charge in [0.15, 0.2) is 0 Å². The molecule has 1 rings (SSSR count). The van der Waals surface area contributed by atoms with Crippen LogP contribution in [-0.4, -0.2) is 41.5 Å². The van der Waals surface area contributed by atoms with Gasteiger partial charge in [-0.25, -0.2) is 0 Å². The molecule has 0 aromatic heterocycles. The highest BCUT2D eigenvalue weighted by molar-refractivity contribution is 6.34. The van der Waals surface area contributed by atoms with Crippen LogP contribution in [0.25, 0.3) is 0 Å². The molecular weight excluding hydrogens is 232 g/mol. The maximum Gasteiger partial charge on any atom is 0.311 e. The van der Waals surface area contributed by atoms with E-state index in [1.807, 2.05) is 30.3 Å². The zero-order chi connectivity index (χ0) is 13.5. The lowest BCUT2D eigenvalue weighted by atomic mass is 10.2. The second kappa shape index (κ2) is 6.76. The van der Waals surface area contributed by atoms with Gasteiger partial charge in [-0.05, 0) is 12.5 Å². The molecule has 0 heterocycles. The number of nitrogens with zero attached hydrogens (tertiary/aromatic N) is 1. The lowest BCUT2D eigenvalue weighted by Gasteiger charge is -2.17. The van der Waals surface area contributed by atoms with Gasteiger partial charge in [-0.2, -0.15) is 0 Å². The number of likely N-dealkylation sites (N-methyl/N-ethyl adjacent to an activating group) is 1. The highest BCUT2D eigenvalue weighted by Crippen LogP contribution is 2.02. The topological polar surface area (TPSA) is 69.6 Å². The Kier molecular flexibility index (Phi) is 5.32. The second-order valence-electron chi connectivity index (χ2n) is 4.21. The van der Waals surface area contributed by atoms with Gasteiger partial charge in [0.1, 0.15) is 0 Å². The standard InChI is InChI=1S/C13H18N2O3/c1-10(16)8-14-12(17)13(18)15(2)9-11-6-4-3-5-7-11/h3-7,10,16H,8-9H2,1-2H3,(H,14,17). The van der Waals surface area contributed by atoms with Crippen molar-refractivity contribution in [3.63, 3.8) is 0 Å². The molecule has 5 nitrogen and oxygen atoms in total. The number of rotatable bonds is 4. The molecule has 0 bridgehead atoms. The first-order chi connectivity index (χ1) is 8.50. The molecule has 2 amide bonds. The quantitative estimate of drug-likeness (QED) is 0.747. The highest BCUT2D eigenvalue weighted by atomic mass is 16.3. The Balaban J connectivity index is 2.48. The molecule has 18 heavy (non-hydrogen) atoms. The van der Waals surface area contributed by atoms with Gasteiger partial charge in [0.25, 0.3) is 0 Å². The van der Waals surface area contributed by atoms with Crippen LogP contribution in [0.15, 0.2) is 30.3 Å². The molecular formula is C13H18N2O3. The number of nitrogens with one attached hydrogen (secondary N) is 1. The van der Waals surface area contributed by atoms with Gasteiger partial charge >= 0.3 is 11.8 Å². The van der Waals surface area contributed by atoms with Crippen LogP contribution in [0, 0.1) is 0 Å². The van der Waals surface area contributed by atoms with E-state index in [1.165, 1.54) is 4.90 Å². The van der Waals surface area contributed by atoms with Crippen molar-refractivity contribution in [3.05, 3.63) is 35.9 Å². The third-order valence-electron chi connectivity index (χ3n) is 2.36. The number of amides is 2. The highest BCUT2D eigenvalue weighted by Gasteiger charge is 2.18. The van der Waals surface area contributed by atoms with Crippen molar-refractivity contribution in [2.45, 2.75) is 19.6 Å². The number of benzene rings is 1. The molecule has 98 valence electrons. The van der Waals surface area contributed by atoms with Crippen LogP contribution in [-0.2, 0) is 16.1 Å². The summed E-state index contributed by atoms with van der Waals surface area (Å²) in [5.74, 6) is -1.31. The largest absolute Gasteiger partial charge is 0.392 e.